The van der Waals surface area contributed by atoms with E-state index < -0.39 is 0 Å². The lowest BCUT2D eigenvalue weighted by atomic mass is 9.87. The molecule has 1 saturated carbocycles. The quantitative estimate of drug-likeness (QED) is 0.894. The van der Waals surface area contributed by atoms with Crippen molar-refractivity contribution in [2.45, 2.75) is 37.8 Å². The van der Waals surface area contributed by atoms with Crippen molar-refractivity contribution in [1.29, 1.82) is 5.26 Å². The number of imidazole rings is 1. The number of likely N-dealkylation sites (tertiary alicyclic amines) is 1. The van der Waals surface area contributed by atoms with E-state index in [1.165, 1.54) is 0 Å². The van der Waals surface area contributed by atoms with Crippen LogP contribution in [-0.2, 0) is 11.8 Å². The van der Waals surface area contributed by atoms with Crippen LogP contribution < -0.4 is 5.32 Å². The van der Waals surface area contributed by atoms with Crippen LogP contribution in [0, 0.1) is 17.2 Å². The molecule has 1 N–H and O–H groups in total. The third-order valence-electron chi connectivity index (χ3n) is 5.26. The van der Waals surface area contributed by atoms with Crippen LogP contribution in [-0.4, -0.2) is 37.9 Å². The number of anilines is 1. The van der Waals surface area contributed by atoms with Crippen LogP contribution in [0.3, 0.4) is 0 Å². The van der Waals surface area contributed by atoms with Gasteiger partial charge in [0.2, 0.25) is 5.91 Å². The molecule has 7 nitrogen and oxygen atoms in total. The van der Waals surface area contributed by atoms with Crippen LogP contribution >= 0.6 is 0 Å². The fourth-order valence-electron chi connectivity index (χ4n) is 3.77. The minimum Gasteiger partial charge on any atom is -0.370 e. The second-order valence-corrected chi connectivity index (χ2v) is 7.10. The van der Waals surface area contributed by atoms with E-state index in [9.17, 15) is 4.79 Å². The van der Waals surface area contributed by atoms with E-state index in [2.05, 4.69) is 26.3 Å². The molecule has 0 radical (unpaired) electrons. The van der Waals surface area contributed by atoms with Crippen molar-refractivity contribution in [3.05, 3.63) is 42.1 Å². The number of aryl methyl sites for hydroxylation is 1. The number of rotatable bonds is 5. The Labute approximate surface area is 152 Å². The van der Waals surface area contributed by atoms with E-state index >= 15 is 0 Å². The van der Waals surface area contributed by atoms with Crippen molar-refractivity contribution in [1.82, 2.24) is 19.4 Å². The molecule has 26 heavy (non-hydrogen) atoms. The van der Waals surface area contributed by atoms with Gasteiger partial charge >= 0.3 is 0 Å². The Kier molecular flexibility index (Phi) is 4.33. The first kappa shape index (κ1) is 16.6. The Balaban J connectivity index is 1.55. The van der Waals surface area contributed by atoms with E-state index in [0.29, 0.717) is 24.6 Å². The van der Waals surface area contributed by atoms with Gasteiger partial charge in [0.1, 0.15) is 17.7 Å². The van der Waals surface area contributed by atoms with Crippen molar-refractivity contribution in [2.24, 2.45) is 13.0 Å². The van der Waals surface area contributed by atoms with Gasteiger partial charge in [-0.25, -0.2) is 9.97 Å². The number of aromatic nitrogens is 3. The molecule has 1 aliphatic carbocycles. The predicted octanol–water partition coefficient (Wildman–Crippen LogP) is 2.24. The Bertz CT molecular complexity index is 832. The monoisotopic (exact) mass is 350 g/mol. The average molecular weight is 350 g/mol. The van der Waals surface area contributed by atoms with E-state index in [0.717, 1.165) is 30.9 Å². The Morgan fingerprint density at radius 2 is 2.15 bits per heavy atom. The molecule has 4 rings (SSSR count). The van der Waals surface area contributed by atoms with Crippen molar-refractivity contribution in [3.8, 4) is 6.07 Å². The number of nitriles is 1. The van der Waals surface area contributed by atoms with Crippen LogP contribution in [0.25, 0.3) is 0 Å². The summed E-state index contributed by atoms with van der Waals surface area (Å²) in [6, 6.07) is 6.01. The molecule has 2 aromatic heterocycles. The van der Waals surface area contributed by atoms with Gasteiger partial charge in [-0.05, 0) is 31.4 Å². The minimum absolute atomic E-state index is 0.00497. The number of piperidine rings is 1. The maximum absolute atomic E-state index is 12.6. The number of pyridine rings is 1. The van der Waals surface area contributed by atoms with Gasteiger partial charge in [0.05, 0.1) is 11.6 Å². The highest BCUT2D eigenvalue weighted by atomic mass is 16.2. The molecule has 3 heterocycles. The molecule has 0 spiro atoms. The number of hydrogen-bond donors (Lipinski definition) is 1. The fourth-order valence-corrected chi connectivity index (χ4v) is 3.77. The summed E-state index contributed by atoms with van der Waals surface area (Å²) in [6.45, 7) is 0.715. The minimum atomic E-state index is -0.00497. The summed E-state index contributed by atoms with van der Waals surface area (Å²) in [7, 11) is 1.99. The van der Waals surface area contributed by atoms with Crippen molar-refractivity contribution in [2.75, 3.05) is 11.9 Å². The van der Waals surface area contributed by atoms with Gasteiger partial charge in [-0.2, -0.15) is 5.26 Å². The molecular formula is C19H22N6O. The second kappa shape index (κ2) is 6.79. The largest absolute Gasteiger partial charge is 0.370 e. The van der Waals surface area contributed by atoms with E-state index in [1.807, 2.05) is 23.9 Å². The molecule has 2 aromatic rings. The van der Waals surface area contributed by atoms with Gasteiger partial charge < -0.3 is 14.8 Å². The topological polar surface area (TPSA) is 86.8 Å². The summed E-state index contributed by atoms with van der Waals surface area (Å²) in [5.41, 5.74) is 0.546. The first-order valence-corrected chi connectivity index (χ1v) is 9.06. The Morgan fingerprint density at radius 1 is 1.31 bits per heavy atom. The average Bonchev–Trinajstić information content (AvgIpc) is 3.41. The number of hydrogen-bond acceptors (Lipinski definition) is 5. The summed E-state index contributed by atoms with van der Waals surface area (Å²) in [6.07, 6.45) is 8.90. The van der Waals surface area contributed by atoms with Crippen LogP contribution in [0.2, 0.25) is 0 Å². The second-order valence-electron chi connectivity index (χ2n) is 7.10. The van der Waals surface area contributed by atoms with Gasteiger partial charge in [-0.1, -0.05) is 0 Å². The molecule has 134 valence electrons. The van der Waals surface area contributed by atoms with Crippen LogP contribution in [0.4, 0.5) is 5.82 Å². The number of carbonyl (C=O) groups is 1. The fraction of sp³-hybridized carbons (Fsp3) is 0.474. The Morgan fingerprint density at radius 3 is 2.77 bits per heavy atom. The zero-order valence-electron chi connectivity index (χ0n) is 14.8. The summed E-state index contributed by atoms with van der Waals surface area (Å²) < 4.78 is 2.02. The highest BCUT2D eigenvalue weighted by molar-refractivity contribution is 5.78. The summed E-state index contributed by atoms with van der Waals surface area (Å²) in [4.78, 5) is 23.5. The third kappa shape index (κ3) is 3.15. The zero-order chi connectivity index (χ0) is 18.1. The van der Waals surface area contributed by atoms with E-state index in [1.54, 1.807) is 18.5 Å². The van der Waals surface area contributed by atoms with Gasteiger partial charge in [0.15, 0.2) is 0 Å². The zero-order valence-corrected chi connectivity index (χ0v) is 14.8. The lowest BCUT2D eigenvalue weighted by Crippen LogP contribution is -2.46. The van der Waals surface area contributed by atoms with Gasteiger partial charge in [-0.15, -0.1) is 0 Å². The number of nitrogens with zero attached hydrogens (tertiary/aromatic N) is 5. The summed E-state index contributed by atoms with van der Waals surface area (Å²) >= 11 is 0. The first-order valence-electron chi connectivity index (χ1n) is 9.06. The van der Waals surface area contributed by atoms with Crippen molar-refractivity contribution < 1.29 is 4.79 Å². The highest BCUT2D eigenvalue weighted by Crippen LogP contribution is 2.42. The summed E-state index contributed by atoms with van der Waals surface area (Å²) in [5.74, 6) is 2.21. The number of carbonyl (C=O) groups excluding carboxylic acids is 1. The highest BCUT2D eigenvalue weighted by Gasteiger charge is 2.45. The molecule has 1 saturated heterocycles. The van der Waals surface area contributed by atoms with Gasteiger partial charge in [0, 0.05) is 50.6 Å². The van der Waals surface area contributed by atoms with E-state index in [4.69, 9.17) is 5.26 Å². The SMILES string of the molecule is Cn1ccnc1[C@@H]1[C@@H](CNc2ccc(C#N)cn2)CCC(=O)N1C1CC1. The molecule has 0 aromatic carbocycles. The third-order valence-corrected chi connectivity index (χ3v) is 5.26. The van der Waals surface area contributed by atoms with Crippen LogP contribution in [0.1, 0.15) is 43.1 Å². The maximum Gasteiger partial charge on any atom is 0.223 e. The lowest BCUT2D eigenvalue weighted by molar-refractivity contribution is -0.140. The van der Waals surface area contributed by atoms with Gasteiger partial charge in [-0.3, -0.25) is 4.79 Å². The number of amides is 1. The molecule has 0 unspecified atom stereocenters. The number of nitrogens with one attached hydrogen (secondary N) is 1. The smallest absolute Gasteiger partial charge is 0.223 e. The van der Waals surface area contributed by atoms with Crippen LogP contribution in [0.15, 0.2) is 30.7 Å². The molecule has 1 amide bonds. The van der Waals surface area contributed by atoms with Crippen molar-refractivity contribution >= 4 is 11.7 Å². The van der Waals surface area contributed by atoms with Crippen molar-refractivity contribution in [3.63, 3.8) is 0 Å². The molecular weight excluding hydrogens is 328 g/mol. The van der Waals surface area contributed by atoms with E-state index in [-0.39, 0.29) is 17.9 Å². The molecule has 2 atom stereocenters. The lowest BCUT2D eigenvalue weighted by Gasteiger charge is -2.41. The first-order chi connectivity index (χ1) is 12.7. The Hall–Kier alpha value is -2.88. The molecule has 1 aliphatic heterocycles. The summed E-state index contributed by atoms with van der Waals surface area (Å²) in [5, 5.41) is 12.3. The standard InChI is InChI=1S/C19H22N6O/c1-24-9-8-21-19(24)18-14(3-7-17(26)25(18)15-4-5-15)12-23-16-6-2-13(10-20)11-22-16/h2,6,8-9,11,14-15,18H,3-5,7,12H2,1H3,(H,22,23)/t14-,18+/m1/s1. The predicted molar refractivity (Wildman–Crippen MR) is 96.0 cm³/mol. The molecule has 2 fully saturated rings. The normalized spacial score (nSPS) is 22.9. The molecule has 0 bridgehead atoms. The molecule has 7 heteroatoms. The molecule has 2 aliphatic rings. The van der Waals surface area contributed by atoms with Gasteiger partial charge in [0.25, 0.3) is 0 Å². The van der Waals surface area contributed by atoms with Crippen LogP contribution in [0.5, 0.6) is 0 Å². The maximum atomic E-state index is 12.6.